The van der Waals surface area contributed by atoms with Crippen molar-refractivity contribution in [3.63, 3.8) is 0 Å². The average Bonchev–Trinajstić information content (AvgIpc) is 2.54. The monoisotopic (exact) mass is 288 g/mol. The van der Waals surface area contributed by atoms with Crippen molar-refractivity contribution in [2.45, 2.75) is 6.61 Å². The molecule has 0 radical (unpaired) electrons. The minimum absolute atomic E-state index is 0.246. The molecule has 0 bridgehead atoms. The molecule has 21 heavy (non-hydrogen) atoms. The number of aliphatic hydroxyl groups excluding tert-OH is 1. The molecule has 0 saturated heterocycles. The molecule has 1 N–H and O–H groups in total. The van der Waals surface area contributed by atoms with E-state index in [1.54, 1.807) is 36.4 Å². The van der Waals surface area contributed by atoms with Crippen LogP contribution < -0.4 is 4.89 Å². The van der Waals surface area contributed by atoms with Gasteiger partial charge in [-0.15, -0.1) is 0 Å². The van der Waals surface area contributed by atoms with Gasteiger partial charge in [-0.3, -0.25) is 0 Å². The second-order valence-electron chi connectivity index (χ2n) is 4.23. The fraction of sp³-hybridized carbons (Fsp3) is 0.188. The molecule has 5 heteroatoms. The van der Waals surface area contributed by atoms with Gasteiger partial charge in [0.05, 0.1) is 26.4 Å². The van der Waals surface area contributed by atoms with Gasteiger partial charge >= 0.3 is 5.97 Å². The number of carbonyl (C=O) groups excluding carboxylic acids is 1. The summed E-state index contributed by atoms with van der Waals surface area (Å²) in [5, 5.41) is 9.62. The molecule has 0 amide bonds. The van der Waals surface area contributed by atoms with Gasteiger partial charge in [0, 0.05) is 5.56 Å². The third-order valence-corrected chi connectivity index (χ3v) is 3.09. The molecule has 0 aliphatic carbocycles. The van der Waals surface area contributed by atoms with Crippen molar-refractivity contribution in [2.75, 3.05) is 14.2 Å². The first-order valence-electron chi connectivity index (χ1n) is 6.34. The van der Waals surface area contributed by atoms with Crippen molar-refractivity contribution < 1.29 is 24.4 Å². The van der Waals surface area contributed by atoms with Crippen LogP contribution in [0.25, 0.3) is 11.1 Å². The molecule has 0 fully saturated rings. The van der Waals surface area contributed by atoms with Gasteiger partial charge in [0.1, 0.15) is 0 Å². The molecule has 110 valence electrons. The molecule has 2 aromatic carbocycles. The molecular formula is C16H16O5. The van der Waals surface area contributed by atoms with E-state index >= 15 is 0 Å². The van der Waals surface area contributed by atoms with Crippen LogP contribution in [0.5, 0.6) is 5.75 Å². The van der Waals surface area contributed by atoms with Gasteiger partial charge in [-0.2, -0.15) is 4.89 Å². The lowest BCUT2D eigenvalue weighted by Crippen LogP contribution is -2.05. The zero-order chi connectivity index (χ0) is 15.2. The first-order valence-corrected chi connectivity index (χ1v) is 6.34. The Bertz CT molecular complexity index is 636. The lowest BCUT2D eigenvalue weighted by molar-refractivity contribution is -0.179. The first-order chi connectivity index (χ1) is 10.2. The summed E-state index contributed by atoms with van der Waals surface area (Å²) in [6.45, 7) is -0.246. The van der Waals surface area contributed by atoms with Gasteiger partial charge in [0.2, 0.25) is 0 Å². The SMILES string of the molecule is COOc1cccc(-c2ccccc2C(=O)OC)c1CO. The molecule has 5 nitrogen and oxygen atoms in total. The number of ether oxygens (including phenoxy) is 1. The average molecular weight is 288 g/mol. The van der Waals surface area contributed by atoms with Gasteiger partial charge in [-0.1, -0.05) is 30.3 Å². The Hall–Kier alpha value is -2.37. The topological polar surface area (TPSA) is 65.0 Å². The maximum absolute atomic E-state index is 11.9. The van der Waals surface area contributed by atoms with Crippen LogP contribution >= 0.6 is 0 Å². The quantitative estimate of drug-likeness (QED) is 0.520. The zero-order valence-electron chi connectivity index (χ0n) is 11.8. The molecule has 0 unspecified atom stereocenters. The van der Waals surface area contributed by atoms with Crippen molar-refractivity contribution in [1.82, 2.24) is 0 Å². The van der Waals surface area contributed by atoms with Gasteiger partial charge in [-0.05, 0) is 23.3 Å². The highest BCUT2D eigenvalue weighted by molar-refractivity contribution is 5.97. The summed E-state index contributed by atoms with van der Waals surface area (Å²) in [5.74, 6) is -0.0373. The Morgan fingerprint density at radius 1 is 1.05 bits per heavy atom. The zero-order valence-corrected chi connectivity index (χ0v) is 11.8. The molecule has 0 aliphatic rings. The largest absolute Gasteiger partial charge is 0.465 e. The van der Waals surface area contributed by atoms with E-state index in [9.17, 15) is 9.90 Å². The number of methoxy groups -OCH3 is 1. The third-order valence-electron chi connectivity index (χ3n) is 3.09. The van der Waals surface area contributed by atoms with Crippen LogP contribution in [0.3, 0.4) is 0 Å². The Morgan fingerprint density at radius 2 is 1.76 bits per heavy atom. The Kier molecular flexibility index (Phi) is 4.92. The van der Waals surface area contributed by atoms with Crippen LogP contribution in [0.1, 0.15) is 15.9 Å². The number of esters is 1. The summed E-state index contributed by atoms with van der Waals surface area (Å²) in [6, 6.07) is 12.3. The highest BCUT2D eigenvalue weighted by Gasteiger charge is 2.17. The Labute approximate surface area is 122 Å². The number of benzene rings is 2. The van der Waals surface area contributed by atoms with E-state index in [4.69, 9.17) is 9.62 Å². The minimum Gasteiger partial charge on any atom is -0.465 e. The summed E-state index contributed by atoms with van der Waals surface area (Å²) in [5.41, 5.74) is 2.31. The van der Waals surface area contributed by atoms with Gasteiger partial charge in [0.15, 0.2) is 5.75 Å². The first kappa shape index (κ1) is 15.0. The maximum Gasteiger partial charge on any atom is 0.338 e. The Balaban J connectivity index is 2.62. The minimum atomic E-state index is -0.437. The summed E-state index contributed by atoms with van der Waals surface area (Å²) < 4.78 is 4.79. The molecule has 0 aromatic heterocycles. The molecule has 0 heterocycles. The second-order valence-corrected chi connectivity index (χ2v) is 4.23. The van der Waals surface area contributed by atoms with Crippen molar-refractivity contribution in [2.24, 2.45) is 0 Å². The van der Waals surface area contributed by atoms with Crippen LogP contribution in [0.15, 0.2) is 42.5 Å². The standard InChI is InChI=1S/C16H16O5/c1-19-16(18)13-7-4-3-6-11(13)12-8-5-9-15(21-20-2)14(12)10-17/h3-9,17H,10H2,1-2H3. The predicted molar refractivity (Wildman–Crippen MR) is 76.8 cm³/mol. The second kappa shape index (κ2) is 6.88. The summed E-state index contributed by atoms with van der Waals surface area (Å²) in [7, 11) is 2.72. The van der Waals surface area contributed by atoms with Crippen molar-refractivity contribution in [3.8, 4) is 16.9 Å². The number of hydrogen-bond donors (Lipinski definition) is 1. The summed E-state index contributed by atoms with van der Waals surface area (Å²) in [4.78, 5) is 21.6. The van der Waals surface area contributed by atoms with E-state index in [2.05, 4.69) is 4.89 Å². The van der Waals surface area contributed by atoms with Crippen LogP contribution in [0, 0.1) is 0 Å². The van der Waals surface area contributed by atoms with Crippen LogP contribution in [-0.2, 0) is 16.2 Å². The van der Waals surface area contributed by atoms with Gasteiger partial charge in [-0.25, -0.2) is 4.79 Å². The highest BCUT2D eigenvalue weighted by Crippen LogP contribution is 2.33. The van der Waals surface area contributed by atoms with E-state index in [0.717, 1.165) is 0 Å². The molecule has 0 aliphatic heterocycles. The van der Waals surface area contributed by atoms with Crippen LogP contribution in [-0.4, -0.2) is 25.3 Å². The predicted octanol–water partition coefficient (Wildman–Crippen LogP) is 2.57. The summed E-state index contributed by atoms with van der Waals surface area (Å²) >= 11 is 0. The lowest BCUT2D eigenvalue weighted by atomic mass is 9.95. The van der Waals surface area contributed by atoms with E-state index in [0.29, 0.717) is 28.0 Å². The van der Waals surface area contributed by atoms with Gasteiger partial charge < -0.3 is 14.7 Å². The molecule has 2 aromatic rings. The lowest BCUT2D eigenvalue weighted by Gasteiger charge is -2.14. The molecule has 0 spiro atoms. The number of hydrogen-bond acceptors (Lipinski definition) is 5. The van der Waals surface area contributed by atoms with Gasteiger partial charge in [0.25, 0.3) is 0 Å². The van der Waals surface area contributed by atoms with Crippen molar-refractivity contribution in [3.05, 3.63) is 53.6 Å². The Morgan fingerprint density at radius 3 is 2.43 bits per heavy atom. The normalized spacial score (nSPS) is 10.2. The fourth-order valence-corrected chi connectivity index (χ4v) is 2.15. The van der Waals surface area contributed by atoms with E-state index in [-0.39, 0.29) is 6.61 Å². The number of rotatable bonds is 5. The number of carbonyl (C=O) groups is 1. The molecular weight excluding hydrogens is 272 g/mol. The highest BCUT2D eigenvalue weighted by atomic mass is 17.2. The molecule has 0 saturated carbocycles. The van der Waals surface area contributed by atoms with Crippen molar-refractivity contribution >= 4 is 5.97 Å². The van der Waals surface area contributed by atoms with Crippen LogP contribution in [0.2, 0.25) is 0 Å². The molecule has 2 rings (SSSR count). The van der Waals surface area contributed by atoms with E-state index in [1.807, 2.05) is 6.07 Å². The maximum atomic E-state index is 11.9. The van der Waals surface area contributed by atoms with Crippen molar-refractivity contribution in [1.29, 1.82) is 0 Å². The smallest absolute Gasteiger partial charge is 0.338 e. The van der Waals surface area contributed by atoms with Crippen LogP contribution in [0.4, 0.5) is 0 Å². The van der Waals surface area contributed by atoms with E-state index < -0.39 is 5.97 Å². The summed E-state index contributed by atoms with van der Waals surface area (Å²) in [6.07, 6.45) is 0. The third kappa shape index (κ3) is 3.04. The fourth-order valence-electron chi connectivity index (χ4n) is 2.15. The van der Waals surface area contributed by atoms with E-state index in [1.165, 1.54) is 14.2 Å². The molecule has 0 atom stereocenters. The number of aliphatic hydroxyl groups is 1.